The average molecular weight is 363 g/mol. The largest absolute Gasteiger partial charge is 0.444 e. The predicted molar refractivity (Wildman–Crippen MR) is 97.4 cm³/mol. The molecule has 144 valence electrons. The minimum Gasteiger partial charge on any atom is -0.444 e. The lowest BCUT2D eigenvalue weighted by Gasteiger charge is -2.47. The normalized spacial score (nSPS) is 32.1. The first kappa shape index (κ1) is 18.9. The minimum atomic E-state index is -1.18. The highest BCUT2D eigenvalue weighted by molar-refractivity contribution is 5.68. The molecule has 2 aliphatic rings. The molecule has 1 aliphatic carbocycles. The van der Waals surface area contributed by atoms with Gasteiger partial charge in [-0.2, -0.15) is 0 Å². The van der Waals surface area contributed by atoms with Crippen LogP contribution < -0.4 is 11.1 Å². The summed E-state index contributed by atoms with van der Waals surface area (Å²) >= 11 is 0. The van der Waals surface area contributed by atoms with Gasteiger partial charge >= 0.3 is 6.09 Å². The fourth-order valence-electron chi connectivity index (χ4n) is 3.57. The molecule has 1 saturated carbocycles. The summed E-state index contributed by atoms with van der Waals surface area (Å²) in [6.07, 6.45) is 4.47. The third kappa shape index (κ3) is 4.10. The van der Waals surface area contributed by atoms with Gasteiger partial charge in [0, 0.05) is 18.2 Å². The van der Waals surface area contributed by atoms with Gasteiger partial charge in [0.25, 0.3) is 0 Å². The monoisotopic (exact) mass is 363 g/mol. The quantitative estimate of drug-likeness (QED) is 0.762. The number of nitrogens with one attached hydrogen (secondary N) is 1. The first-order chi connectivity index (χ1) is 12.1. The molecule has 2 fully saturated rings. The molecule has 4 N–H and O–H groups in total. The van der Waals surface area contributed by atoms with E-state index in [1.165, 1.54) is 0 Å². The number of nitrogens with zero attached hydrogens (tertiary/aromatic N) is 1. The number of anilines is 1. The third-order valence-electron chi connectivity index (χ3n) is 5.02. The molecule has 3 rings (SSSR count). The van der Waals surface area contributed by atoms with Crippen LogP contribution in [0.2, 0.25) is 0 Å². The van der Waals surface area contributed by atoms with Crippen molar-refractivity contribution in [2.75, 3.05) is 5.73 Å². The SMILES string of the molecule is CC(C)(C)OC(=O)N[C@H]1C[C@@H](c2ccncc2N)O[C@@H](C2CC2)[C@]1(C)O. The molecule has 1 aromatic rings. The van der Waals surface area contributed by atoms with Crippen molar-refractivity contribution in [1.82, 2.24) is 10.3 Å². The van der Waals surface area contributed by atoms with E-state index >= 15 is 0 Å². The molecule has 2 heterocycles. The van der Waals surface area contributed by atoms with Crippen LogP contribution in [0, 0.1) is 5.92 Å². The molecule has 0 unspecified atom stereocenters. The van der Waals surface area contributed by atoms with Crippen LogP contribution in [0.1, 0.15) is 58.6 Å². The number of hydrogen-bond acceptors (Lipinski definition) is 6. The molecule has 7 nitrogen and oxygen atoms in total. The smallest absolute Gasteiger partial charge is 0.407 e. The van der Waals surface area contributed by atoms with Gasteiger partial charge < -0.3 is 25.6 Å². The third-order valence-corrected chi connectivity index (χ3v) is 5.02. The predicted octanol–water partition coefficient (Wildman–Crippen LogP) is 2.55. The second kappa shape index (κ2) is 6.70. The van der Waals surface area contributed by atoms with Crippen molar-refractivity contribution in [3.63, 3.8) is 0 Å². The molecule has 1 amide bonds. The van der Waals surface area contributed by atoms with Crippen LogP contribution >= 0.6 is 0 Å². The van der Waals surface area contributed by atoms with Crippen LogP contribution in [0.15, 0.2) is 18.5 Å². The summed E-state index contributed by atoms with van der Waals surface area (Å²) in [4.78, 5) is 16.3. The Morgan fingerprint density at radius 1 is 1.46 bits per heavy atom. The molecule has 0 bridgehead atoms. The Kier molecular flexibility index (Phi) is 4.88. The number of aromatic nitrogens is 1. The number of ether oxygens (including phenoxy) is 2. The summed E-state index contributed by atoms with van der Waals surface area (Å²) in [7, 11) is 0. The van der Waals surface area contributed by atoms with Crippen molar-refractivity contribution in [2.24, 2.45) is 5.92 Å². The van der Waals surface area contributed by atoms with Crippen LogP contribution in [0.25, 0.3) is 0 Å². The summed E-state index contributed by atoms with van der Waals surface area (Å²) < 4.78 is 11.6. The number of aliphatic hydroxyl groups is 1. The molecule has 26 heavy (non-hydrogen) atoms. The number of carbonyl (C=O) groups is 1. The van der Waals surface area contributed by atoms with Crippen LogP contribution in [0.3, 0.4) is 0 Å². The number of carbonyl (C=O) groups excluding carboxylic acids is 1. The Bertz CT molecular complexity index is 667. The van der Waals surface area contributed by atoms with Gasteiger partial charge in [0.15, 0.2) is 0 Å². The highest BCUT2D eigenvalue weighted by Crippen LogP contribution is 2.47. The topological polar surface area (TPSA) is 107 Å². The van der Waals surface area contributed by atoms with Crippen molar-refractivity contribution >= 4 is 11.8 Å². The number of amides is 1. The first-order valence-corrected chi connectivity index (χ1v) is 9.14. The van der Waals surface area contributed by atoms with Gasteiger partial charge in [-0.15, -0.1) is 0 Å². The van der Waals surface area contributed by atoms with Gasteiger partial charge in [-0.05, 0) is 52.5 Å². The highest BCUT2D eigenvalue weighted by Gasteiger charge is 2.53. The number of alkyl carbamates (subject to hydrolysis) is 1. The molecule has 4 atom stereocenters. The lowest BCUT2D eigenvalue weighted by Crippen LogP contribution is -2.62. The molecular weight excluding hydrogens is 334 g/mol. The fourth-order valence-corrected chi connectivity index (χ4v) is 3.57. The molecule has 0 radical (unpaired) electrons. The number of hydrogen-bond donors (Lipinski definition) is 3. The van der Waals surface area contributed by atoms with E-state index in [1.54, 1.807) is 19.3 Å². The van der Waals surface area contributed by atoms with Crippen molar-refractivity contribution in [1.29, 1.82) is 0 Å². The number of nitrogen functional groups attached to an aromatic ring is 1. The molecule has 0 aromatic carbocycles. The standard InChI is InChI=1S/C19H29N3O4/c1-18(2,3)26-17(23)22-15-9-14(12-7-8-21-10-13(12)20)25-16(11-5-6-11)19(15,4)24/h7-8,10-11,14-16,24H,5-6,9,20H2,1-4H3,(H,22,23)/t14-,15-,16-,19+/m0/s1. The van der Waals surface area contributed by atoms with Gasteiger partial charge in [-0.3, -0.25) is 4.98 Å². The van der Waals surface area contributed by atoms with Crippen molar-refractivity contribution in [3.05, 3.63) is 24.0 Å². The van der Waals surface area contributed by atoms with Crippen LogP contribution in [0.4, 0.5) is 10.5 Å². The maximum absolute atomic E-state index is 12.3. The Balaban J connectivity index is 1.83. The van der Waals surface area contributed by atoms with E-state index in [-0.39, 0.29) is 12.2 Å². The summed E-state index contributed by atoms with van der Waals surface area (Å²) in [5, 5.41) is 14.0. The molecule has 1 aliphatic heterocycles. The van der Waals surface area contributed by atoms with Crippen molar-refractivity contribution in [2.45, 2.75) is 76.4 Å². The lowest BCUT2D eigenvalue weighted by atomic mass is 9.80. The maximum Gasteiger partial charge on any atom is 0.407 e. The van der Waals surface area contributed by atoms with Crippen LogP contribution in [0.5, 0.6) is 0 Å². The lowest BCUT2D eigenvalue weighted by molar-refractivity contribution is -0.191. The molecule has 1 saturated heterocycles. The van der Waals surface area contributed by atoms with E-state index in [0.717, 1.165) is 18.4 Å². The van der Waals surface area contributed by atoms with Crippen molar-refractivity contribution in [3.8, 4) is 0 Å². The maximum atomic E-state index is 12.3. The molecule has 0 spiro atoms. The van der Waals surface area contributed by atoms with E-state index < -0.39 is 23.3 Å². The Labute approximate surface area is 154 Å². The average Bonchev–Trinajstić information content (AvgIpc) is 3.32. The molecule has 7 heteroatoms. The van der Waals surface area contributed by atoms with E-state index in [9.17, 15) is 9.90 Å². The van der Waals surface area contributed by atoms with Crippen LogP contribution in [-0.2, 0) is 9.47 Å². The van der Waals surface area contributed by atoms with Gasteiger partial charge in [-0.1, -0.05) is 0 Å². The summed E-state index contributed by atoms with van der Waals surface area (Å²) in [6, 6.07) is 1.32. The van der Waals surface area contributed by atoms with E-state index in [2.05, 4.69) is 10.3 Å². The summed E-state index contributed by atoms with van der Waals surface area (Å²) in [5.41, 5.74) is 5.66. The first-order valence-electron chi connectivity index (χ1n) is 9.14. The number of nitrogens with two attached hydrogens (primary N) is 1. The van der Waals surface area contributed by atoms with E-state index in [1.807, 2.05) is 26.8 Å². The van der Waals surface area contributed by atoms with Gasteiger partial charge in [0.1, 0.15) is 11.2 Å². The van der Waals surface area contributed by atoms with Gasteiger partial charge in [0.2, 0.25) is 0 Å². The van der Waals surface area contributed by atoms with E-state index in [0.29, 0.717) is 18.0 Å². The minimum absolute atomic E-state index is 0.291. The van der Waals surface area contributed by atoms with Gasteiger partial charge in [-0.25, -0.2) is 4.79 Å². The molecule has 1 aromatic heterocycles. The fraction of sp³-hybridized carbons (Fsp3) is 0.684. The summed E-state index contributed by atoms with van der Waals surface area (Å²) in [6.45, 7) is 7.15. The highest BCUT2D eigenvalue weighted by atomic mass is 16.6. The zero-order chi connectivity index (χ0) is 19.1. The zero-order valence-corrected chi connectivity index (χ0v) is 15.9. The van der Waals surface area contributed by atoms with Crippen LogP contribution in [-0.4, -0.2) is 39.5 Å². The number of rotatable bonds is 3. The Morgan fingerprint density at radius 3 is 2.73 bits per heavy atom. The van der Waals surface area contributed by atoms with Gasteiger partial charge in [0.05, 0.1) is 30.1 Å². The second-order valence-electron chi connectivity index (χ2n) is 8.55. The Morgan fingerprint density at radius 2 is 2.15 bits per heavy atom. The second-order valence-corrected chi connectivity index (χ2v) is 8.55. The van der Waals surface area contributed by atoms with E-state index in [4.69, 9.17) is 15.2 Å². The zero-order valence-electron chi connectivity index (χ0n) is 15.9. The summed E-state index contributed by atoms with van der Waals surface area (Å²) in [5.74, 6) is 0.291. The molecular formula is C19H29N3O4. The number of pyridine rings is 1. The van der Waals surface area contributed by atoms with Crippen molar-refractivity contribution < 1.29 is 19.4 Å². The Hall–Kier alpha value is -1.86.